The largest absolute Gasteiger partial charge is 0.467 e. The van der Waals surface area contributed by atoms with Gasteiger partial charge in [0.05, 0.1) is 7.11 Å². The van der Waals surface area contributed by atoms with Crippen LogP contribution in [0, 0.1) is 11.6 Å². The van der Waals surface area contributed by atoms with Gasteiger partial charge in [0.1, 0.15) is 22.9 Å². The molecule has 0 radical (unpaired) electrons. The predicted octanol–water partition coefficient (Wildman–Crippen LogP) is 4.88. The van der Waals surface area contributed by atoms with Crippen LogP contribution in [0.5, 0.6) is 5.75 Å². The summed E-state index contributed by atoms with van der Waals surface area (Å²) in [6, 6.07) is 13.9. The first-order valence-corrected chi connectivity index (χ1v) is 9.28. The Morgan fingerprint density at radius 2 is 1.38 bits per heavy atom. The van der Waals surface area contributed by atoms with Crippen molar-refractivity contribution in [2.75, 3.05) is 7.11 Å². The third-order valence-electron chi connectivity index (χ3n) is 4.56. The molecule has 166 valence electrons. The minimum Gasteiger partial charge on any atom is -0.467 e. The van der Waals surface area contributed by atoms with Gasteiger partial charge in [-0.2, -0.15) is 8.78 Å². The fraction of sp³-hybridized carbons (Fsp3) is 0.130. The maximum atomic E-state index is 13.9. The third-order valence-corrected chi connectivity index (χ3v) is 4.56. The number of benzene rings is 3. The Morgan fingerprint density at radius 1 is 0.844 bits per heavy atom. The van der Waals surface area contributed by atoms with Gasteiger partial charge in [-0.1, -0.05) is 42.5 Å². The number of halogens is 4. The number of ether oxygens (including phenoxy) is 2. The van der Waals surface area contributed by atoms with Crippen LogP contribution in [0.2, 0.25) is 0 Å². The van der Waals surface area contributed by atoms with E-state index in [1.54, 1.807) is 24.3 Å². The molecule has 32 heavy (non-hydrogen) atoms. The van der Waals surface area contributed by atoms with E-state index in [2.05, 4.69) is 10.1 Å². The molecule has 0 heterocycles. The average Bonchev–Trinajstić information content (AvgIpc) is 2.77. The second kappa shape index (κ2) is 9.95. The van der Waals surface area contributed by atoms with Gasteiger partial charge in [-0.25, -0.2) is 13.6 Å². The van der Waals surface area contributed by atoms with Crippen LogP contribution >= 0.6 is 0 Å². The quantitative estimate of drug-likeness (QED) is 0.414. The minimum atomic E-state index is -2.93. The molecule has 3 aromatic rings. The Morgan fingerprint density at radius 3 is 1.88 bits per heavy atom. The first-order chi connectivity index (χ1) is 15.3. The van der Waals surface area contributed by atoms with Gasteiger partial charge in [0.2, 0.25) is 0 Å². The molecular weight excluding hydrogens is 430 g/mol. The van der Waals surface area contributed by atoms with Gasteiger partial charge in [0.15, 0.2) is 6.04 Å². The zero-order valence-corrected chi connectivity index (χ0v) is 16.7. The van der Waals surface area contributed by atoms with Gasteiger partial charge in [0.25, 0.3) is 5.91 Å². The smallest absolute Gasteiger partial charge is 0.387 e. The van der Waals surface area contributed by atoms with Crippen molar-refractivity contribution in [1.29, 1.82) is 0 Å². The fourth-order valence-corrected chi connectivity index (χ4v) is 3.01. The number of nitrogens with one attached hydrogen (secondary N) is 1. The zero-order valence-electron chi connectivity index (χ0n) is 16.7. The van der Waals surface area contributed by atoms with Crippen molar-refractivity contribution in [3.05, 3.63) is 89.5 Å². The molecule has 1 atom stereocenters. The molecule has 1 N–H and O–H groups in total. The Balaban J connectivity index is 1.83. The van der Waals surface area contributed by atoms with Gasteiger partial charge in [-0.15, -0.1) is 0 Å². The van der Waals surface area contributed by atoms with Crippen LogP contribution in [0.4, 0.5) is 17.6 Å². The number of rotatable bonds is 7. The molecule has 9 heteroatoms. The first kappa shape index (κ1) is 22.8. The van der Waals surface area contributed by atoms with Crippen LogP contribution in [0.1, 0.15) is 22.0 Å². The Hall–Kier alpha value is -3.88. The summed E-state index contributed by atoms with van der Waals surface area (Å²) in [6.07, 6.45) is 0. The van der Waals surface area contributed by atoms with E-state index in [1.807, 2.05) is 0 Å². The molecule has 3 rings (SSSR count). The number of hydrogen-bond acceptors (Lipinski definition) is 4. The van der Waals surface area contributed by atoms with Gasteiger partial charge < -0.3 is 14.8 Å². The highest BCUT2D eigenvalue weighted by Gasteiger charge is 2.27. The highest BCUT2D eigenvalue weighted by Crippen LogP contribution is 2.26. The Bertz CT molecular complexity index is 1080. The van der Waals surface area contributed by atoms with Gasteiger partial charge in [-0.05, 0) is 41.0 Å². The van der Waals surface area contributed by atoms with E-state index < -0.39 is 41.7 Å². The summed E-state index contributed by atoms with van der Waals surface area (Å²) in [5.74, 6) is -4.08. The number of carbonyl (C=O) groups is 2. The van der Waals surface area contributed by atoms with Crippen molar-refractivity contribution in [2.45, 2.75) is 12.7 Å². The number of carbonyl (C=O) groups excluding carboxylic acids is 2. The van der Waals surface area contributed by atoms with E-state index in [-0.39, 0.29) is 5.75 Å². The van der Waals surface area contributed by atoms with Gasteiger partial charge >= 0.3 is 12.6 Å². The average molecular weight is 447 g/mol. The van der Waals surface area contributed by atoms with E-state index in [1.165, 1.54) is 24.3 Å². The molecule has 0 spiro atoms. The van der Waals surface area contributed by atoms with E-state index >= 15 is 0 Å². The van der Waals surface area contributed by atoms with Crippen molar-refractivity contribution in [3.8, 4) is 16.9 Å². The fourth-order valence-electron chi connectivity index (χ4n) is 3.01. The number of alkyl halides is 2. The topological polar surface area (TPSA) is 64.6 Å². The number of hydrogen-bond donors (Lipinski definition) is 1. The lowest BCUT2D eigenvalue weighted by molar-refractivity contribution is -0.143. The van der Waals surface area contributed by atoms with E-state index in [0.29, 0.717) is 16.7 Å². The maximum Gasteiger partial charge on any atom is 0.387 e. The van der Waals surface area contributed by atoms with Crippen LogP contribution in [-0.4, -0.2) is 25.6 Å². The molecule has 0 bridgehead atoms. The third kappa shape index (κ3) is 5.23. The summed E-state index contributed by atoms with van der Waals surface area (Å²) in [7, 11) is 1.11. The molecule has 0 fully saturated rings. The molecule has 3 aromatic carbocycles. The lowest BCUT2D eigenvalue weighted by atomic mass is 10.00. The van der Waals surface area contributed by atoms with E-state index in [9.17, 15) is 27.2 Å². The lowest BCUT2D eigenvalue weighted by Gasteiger charge is -2.18. The van der Waals surface area contributed by atoms with Gasteiger partial charge in [-0.3, -0.25) is 4.79 Å². The van der Waals surface area contributed by atoms with Crippen LogP contribution in [0.25, 0.3) is 11.1 Å². The second-order valence-corrected chi connectivity index (χ2v) is 6.55. The van der Waals surface area contributed by atoms with Crippen molar-refractivity contribution in [2.24, 2.45) is 0 Å². The summed E-state index contributed by atoms with van der Waals surface area (Å²) < 4.78 is 61.4. The van der Waals surface area contributed by atoms with Crippen molar-refractivity contribution in [3.63, 3.8) is 0 Å². The molecule has 0 aromatic heterocycles. The highest BCUT2D eigenvalue weighted by atomic mass is 19.3. The molecule has 0 saturated carbocycles. The molecule has 0 aliphatic rings. The van der Waals surface area contributed by atoms with Crippen LogP contribution in [0.15, 0.2) is 66.7 Å². The van der Waals surface area contributed by atoms with E-state index in [0.717, 1.165) is 25.3 Å². The number of methoxy groups -OCH3 is 1. The molecule has 1 amide bonds. The zero-order chi connectivity index (χ0) is 23.3. The summed E-state index contributed by atoms with van der Waals surface area (Å²) in [5.41, 5.74) is 0.866. The summed E-state index contributed by atoms with van der Waals surface area (Å²) in [6.45, 7) is -2.93. The molecule has 0 saturated heterocycles. The molecule has 1 unspecified atom stereocenters. The minimum absolute atomic E-state index is 0.00853. The number of amides is 1. The van der Waals surface area contributed by atoms with Crippen molar-refractivity contribution >= 4 is 11.9 Å². The monoisotopic (exact) mass is 447 g/mol. The normalized spacial score (nSPS) is 11.7. The molecular formula is C23H17F4NO4. The first-order valence-electron chi connectivity index (χ1n) is 9.28. The summed E-state index contributed by atoms with van der Waals surface area (Å²) in [4.78, 5) is 24.7. The van der Waals surface area contributed by atoms with E-state index in [4.69, 9.17) is 4.74 Å². The predicted molar refractivity (Wildman–Crippen MR) is 107 cm³/mol. The van der Waals surface area contributed by atoms with Crippen LogP contribution in [-0.2, 0) is 9.53 Å². The summed E-state index contributed by atoms with van der Waals surface area (Å²) >= 11 is 0. The Labute approximate surface area is 180 Å². The summed E-state index contributed by atoms with van der Waals surface area (Å²) in [5, 5.41) is 2.29. The SMILES string of the molecule is COC(=O)C(NC(=O)c1c(F)cccc1F)c1ccc(-c2ccc(OC(F)F)cc2)cc1. The lowest BCUT2D eigenvalue weighted by Crippen LogP contribution is -2.35. The Kier molecular flexibility index (Phi) is 7.09. The highest BCUT2D eigenvalue weighted by molar-refractivity contribution is 5.97. The van der Waals surface area contributed by atoms with Crippen LogP contribution in [0.3, 0.4) is 0 Å². The van der Waals surface area contributed by atoms with Crippen molar-refractivity contribution in [1.82, 2.24) is 5.32 Å². The molecule has 0 aliphatic heterocycles. The van der Waals surface area contributed by atoms with Crippen molar-refractivity contribution < 1.29 is 36.6 Å². The maximum absolute atomic E-state index is 13.9. The number of esters is 1. The molecule has 5 nitrogen and oxygen atoms in total. The standard InChI is InChI=1S/C23H17F4NO4/c1-31-22(30)20(28-21(29)19-17(24)3-2-4-18(19)25)15-7-5-13(6-8-15)14-9-11-16(12-10-14)32-23(26)27/h2-12,20,23H,1H3,(H,28,29). The van der Waals surface area contributed by atoms with Crippen LogP contribution < -0.4 is 10.1 Å². The molecule has 0 aliphatic carbocycles. The second-order valence-electron chi connectivity index (χ2n) is 6.55. The van der Waals surface area contributed by atoms with Gasteiger partial charge in [0, 0.05) is 0 Å².